The average molecular weight is 375 g/mol. The molecule has 1 N–H and O–H groups in total. The molecule has 5 nitrogen and oxygen atoms in total. The smallest absolute Gasteiger partial charge is 0.327 e. The summed E-state index contributed by atoms with van der Waals surface area (Å²) in [7, 11) is 0. The van der Waals surface area contributed by atoms with Crippen LogP contribution in [0.1, 0.15) is 47.9 Å². The number of carboxylic acid groups (broad SMARTS) is 1. The van der Waals surface area contributed by atoms with Crippen LogP contribution in [0.4, 0.5) is 0 Å². The summed E-state index contributed by atoms with van der Waals surface area (Å²) in [5.41, 5.74) is 4.36. The van der Waals surface area contributed by atoms with Gasteiger partial charge in [-0.1, -0.05) is 62.4 Å². The van der Waals surface area contributed by atoms with Crippen LogP contribution in [0.25, 0.3) is 0 Å². The number of rotatable bonds is 3. The van der Waals surface area contributed by atoms with Crippen LogP contribution in [0, 0.1) is 17.8 Å². The topological polar surface area (TPSA) is 74.7 Å². The lowest BCUT2D eigenvalue weighted by Gasteiger charge is -2.45. The molecular weight excluding hydrogens is 354 g/mol. The molecule has 142 valence electrons. The number of hydrogen-bond donors (Lipinski definition) is 1. The summed E-state index contributed by atoms with van der Waals surface area (Å²) in [5.74, 6) is -3.61. The van der Waals surface area contributed by atoms with Crippen molar-refractivity contribution in [2.24, 2.45) is 17.8 Å². The number of carbonyl (C=O) groups is 3. The first-order valence-corrected chi connectivity index (χ1v) is 9.70. The maximum atomic E-state index is 13.5. The number of hydrogen-bond acceptors (Lipinski definition) is 3. The van der Waals surface area contributed by atoms with Gasteiger partial charge in [-0.3, -0.25) is 14.5 Å². The molecule has 28 heavy (non-hydrogen) atoms. The van der Waals surface area contributed by atoms with Crippen molar-refractivity contribution in [3.8, 4) is 0 Å². The van der Waals surface area contributed by atoms with Crippen molar-refractivity contribution in [2.45, 2.75) is 31.7 Å². The summed E-state index contributed by atoms with van der Waals surface area (Å²) in [6.07, 6.45) is 0. The molecule has 1 fully saturated rings. The number of amides is 2. The maximum Gasteiger partial charge on any atom is 0.327 e. The van der Waals surface area contributed by atoms with Crippen LogP contribution in [0.2, 0.25) is 0 Å². The normalized spacial score (nSPS) is 28.2. The lowest BCUT2D eigenvalue weighted by atomic mass is 9.55. The molecule has 1 aliphatic heterocycles. The quantitative estimate of drug-likeness (QED) is 0.837. The molecule has 3 aliphatic carbocycles. The zero-order valence-electron chi connectivity index (χ0n) is 15.7. The Morgan fingerprint density at radius 2 is 1.18 bits per heavy atom. The molecule has 4 aliphatic rings. The van der Waals surface area contributed by atoms with E-state index in [9.17, 15) is 19.5 Å². The van der Waals surface area contributed by atoms with Gasteiger partial charge in [0.05, 0.1) is 11.8 Å². The van der Waals surface area contributed by atoms with E-state index in [0.29, 0.717) is 0 Å². The first kappa shape index (κ1) is 17.2. The number of likely N-dealkylation sites (tertiary alicyclic amines) is 1. The Morgan fingerprint density at radius 3 is 1.46 bits per heavy atom. The molecule has 6 rings (SSSR count). The number of imide groups is 1. The molecule has 0 unspecified atom stereocenters. The van der Waals surface area contributed by atoms with Crippen LogP contribution in [0.3, 0.4) is 0 Å². The summed E-state index contributed by atoms with van der Waals surface area (Å²) in [4.78, 5) is 39.9. The van der Waals surface area contributed by atoms with Gasteiger partial charge in [0.1, 0.15) is 6.04 Å². The largest absolute Gasteiger partial charge is 0.480 e. The third kappa shape index (κ3) is 1.99. The molecule has 0 radical (unpaired) electrons. The SMILES string of the molecule is CC(C)[C@H](C(=O)O)N1C(=O)[C@H]2C3c4ccccc4C(c4ccccc43)[C@@H]2C1=O. The van der Waals surface area contributed by atoms with Gasteiger partial charge in [0, 0.05) is 11.8 Å². The zero-order chi connectivity index (χ0) is 19.7. The van der Waals surface area contributed by atoms with Gasteiger partial charge < -0.3 is 5.11 Å². The van der Waals surface area contributed by atoms with Crippen molar-refractivity contribution in [1.82, 2.24) is 4.90 Å². The first-order valence-electron chi connectivity index (χ1n) is 9.70. The molecule has 2 aromatic carbocycles. The summed E-state index contributed by atoms with van der Waals surface area (Å²) in [6, 6.07) is 14.9. The Kier molecular flexibility index (Phi) is 3.54. The summed E-state index contributed by atoms with van der Waals surface area (Å²) >= 11 is 0. The van der Waals surface area contributed by atoms with Crippen molar-refractivity contribution in [1.29, 1.82) is 0 Å². The summed E-state index contributed by atoms with van der Waals surface area (Å²) in [5, 5.41) is 9.72. The van der Waals surface area contributed by atoms with Gasteiger partial charge in [-0.05, 0) is 28.2 Å². The van der Waals surface area contributed by atoms with Crippen molar-refractivity contribution in [2.75, 3.05) is 0 Å². The minimum Gasteiger partial charge on any atom is -0.480 e. The molecule has 0 saturated carbocycles. The van der Waals surface area contributed by atoms with Gasteiger partial charge in [-0.15, -0.1) is 0 Å². The monoisotopic (exact) mass is 375 g/mol. The van der Waals surface area contributed by atoms with Crippen molar-refractivity contribution < 1.29 is 19.5 Å². The van der Waals surface area contributed by atoms with E-state index in [-0.39, 0.29) is 29.6 Å². The third-order valence-electron chi connectivity index (χ3n) is 6.65. The fourth-order valence-corrected chi connectivity index (χ4v) is 5.67. The zero-order valence-corrected chi connectivity index (χ0v) is 15.7. The number of aliphatic carboxylic acids is 1. The molecular formula is C23H21NO4. The van der Waals surface area contributed by atoms with E-state index in [1.54, 1.807) is 13.8 Å². The highest BCUT2D eigenvalue weighted by molar-refractivity contribution is 6.10. The minimum absolute atomic E-state index is 0.203. The number of benzene rings is 2. The molecule has 2 aromatic rings. The molecule has 3 atom stereocenters. The highest BCUT2D eigenvalue weighted by atomic mass is 16.4. The van der Waals surface area contributed by atoms with Crippen molar-refractivity contribution >= 4 is 17.8 Å². The summed E-state index contributed by atoms with van der Waals surface area (Å²) < 4.78 is 0. The van der Waals surface area contributed by atoms with E-state index in [4.69, 9.17) is 0 Å². The number of nitrogens with zero attached hydrogens (tertiary/aromatic N) is 1. The lowest BCUT2D eigenvalue weighted by Crippen LogP contribution is -2.48. The molecule has 2 amide bonds. The third-order valence-corrected chi connectivity index (χ3v) is 6.65. The Hall–Kier alpha value is -2.95. The van der Waals surface area contributed by atoms with Gasteiger partial charge in [-0.25, -0.2) is 4.79 Å². The Morgan fingerprint density at radius 1 is 0.821 bits per heavy atom. The number of carbonyl (C=O) groups excluding carboxylic acids is 2. The molecule has 1 saturated heterocycles. The van der Waals surface area contributed by atoms with E-state index in [2.05, 4.69) is 0 Å². The van der Waals surface area contributed by atoms with Crippen molar-refractivity contribution in [3.05, 3.63) is 70.8 Å². The fraction of sp³-hybridized carbons (Fsp3) is 0.348. The van der Waals surface area contributed by atoms with Crippen LogP contribution in [0.5, 0.6) is 0 Å². The highest BCUT2D eigenvalue weighted by Gasteiger charge is 2.63. The molecule has 5 heteroatoms. The fourth-order valence-electron chi connectivity index (χ4n) is 5.67. The van der Waals surface area contributed by atoms with Crippen LogP contribution in [-0.4, -0.2) is 33.8 Å². The van der Waals surface area contributed by atoms with Gasteiger partial charge in [0.25, 0.3) is 0 Å². The standard InChI is InChI=1S/C23H21NO4/c1-11(2)20(23(27)28)24-21(25)18-16-12-7-3-4-8-13(12)17(19(18)22(24)26)15-10-6-5-9-14(15)16/h3-11,16-20H,1-2H3,(H,27,28)/t16?,17?,18-,19-,20+/m0/s1. The van der Waals surface area contributed by atoms with Gasteiger partial charge >= 0.3 is 5.97 Å². The number of carboxylic acids is 1. The van der Waals surface area contributed by atoms with E-state index in [1.165, 1.54) is 0 Å². The second-order valence-electron chi connectivity index (χ2n) is 8.34. The van der Waals surface area contributed by atoms with Crippen LogP contribution in [0.15, 0.2) is 48.5 Å². The summed E-state index contributed by atoms with van der Waals surface area (Å²) in [6.45, 7) is 3.47. The highest BCUT2D eigenvalue weighted by Crippen LogP contribution is 2.61. The van der Waals surface area contributed by atoms with E-state index >= 15 is 0 Å². The van der Waals surface area contributed by atoms with Crippen molar-refractivity contribution in [3.63, 3.8) is 0 Å². The van der Waals surface area contributed by atoms with Gasteiger partial charge in [-0.2, -0.15) is 0 Å². The Bertz CT molecular complexity index is 911. The molecule has 0 aromatic heterocycles. The minimum atomic E-state index is -1.13. The van der Waals surface area contributed by atoms with E-state index in [0.717, 1.165) is 27.2 Å². The Balaban J connectivity index is 1.72. The second kappa shape index (κ2) is 5.77. The molecule has 0 spiro atoms. The Labute approximate surface area is 163 Å². The average Bonchev–Trinajstić information content (AvgIpc) is 2.93. The van der Waals surface area contributed by atoms with Gasteiger partial charge in [0.2, 0.25) is 11.8 Å². The predicted octanol–water partition coefficient (Wildman–Crippen LogP) is 2.99. The van der Waals surface area contributed by atoms with E-state index in [1.807, 2.05) is 48.5 Å². The second-order valence-corrected chi connectivity index (χ2v) is 8.34. The van der Waals surface area contributed by atoms with Gasteiger partial charge in [0.15, 0.2) is 0 Å². The predicted molar refractivity (Wildman–Crippen MR) is 102 cm³/mol. The lowest BCUT2D eigenvalue weighted by molar-refractivity contribution is -0.157. The van der Waals surface area contributed by atoms with Crippen LogP contribution >= 0.6 is 0 Å². The maximum absolute atomic E-state index is 13.5. The first-order chi connectivity index (χ1) is 13.4. The van der Waals surface area contributed by atoms with E-state index < -0.39 is 23.8 Å². The molecule has 1 heterocycles. The van der Waals surface area contributed by atoms with Crippen LogP contribution in [-0.2, 0) is 14.4 Å². The molecule has 2 bridgehead atoms. The van der Waals surface area contributed by atoms with Crippen LogP contribution < -0.4 is 0 Å².